The number of amides is 1. The van der Waals surface area contributed by atoms with Crippen LogP contribution in [-0.2, 0) is 4.79 Å². The summed E-state index contributed by atoms with van der Waals surface area (Å²) in [7, 11) is 0. The standard InChI is InChI=1S/C10H16N4O/c1-4-6-8-9(15)12-10(11)13-14(8)7(3)5-2/h5-6H,4H2,1-3H3,(H3,11,12,13,15)/b7-5-,8-6+. The van der Waals surface area contributed by atoms with Crippen molar-refractivity contribution in [1.29, 1.82) is 0 Å². The van der Waals surface area contributed by atoms with Crippen LogP contribution < -0.4 is 11.1 Å². The van der Waals surface area contributed by atoms with Gasteiger partial charge in [0, 0.05) is 5.70 Å². The lowest BCUT2D eigenvalue weighted by Crippen LogP contribution is -2.46. The van der Waals surface area contributed by atoms with Crippen LogP contribution in [0.4, 0.5) is 0 Å². The molecule has 0 aliphatic carbocycles. The molecule has 0 aromatic heterocycles. The van der Waals surface area contributed by atoms with Crippen molar-refractivity contribution in [3.05, 3.63) is 23.5 Å². The summed E-state index contributed by atoms with van der Waals surface area (Å²) in [6.45, 7) is 5.72. The molecule has 0 aromatic rings. The molecular formula is C10H16N4O. The van der Waals surface area contributed by atoms with Crippen LogP contribution in [0.1, 0.15) is 27.2 Å². The van der Waals surface area contributed by atoms with E-state index in [0.29, 0.717) is 5.70 Å². The van der Waals surface area contributed by atoms with Crippen LogP contribution in [0.25, 0.3) is 0 Å². The lowest BCUT2D eigenvalue weighted by Gasteiger charge is -2.26. The Morgan fingerprint density at radius 1 is 1.67 bits per heavy atom. The molecule has 0 aromatic carbocycles. The first-order valence-corrected chi connectivity index (χ1v) is 4.88. The van der Waals surface area contributed by atoms with Crippen molar-refractivity contribution in [2.24, 2.45) is 10.8 Å². The molecule has 1 aliphatic heterocycles. The van der Waals surface area contributed by atoms with Crippen molar-refractivity contribution < 1.29 is 4.79 Å². The molecule has 0 saturated carbocycles. The van der Waals surface area contributed by atoms with Crippen molar-refractivity contribution in [3.63, 3.8) is 0 Å². The maximum absolute atomic E-state index is 11.6. The predicted molar refractivity (Wildman–Crippen MR) is 59.4 cm³/mol. The second-order valence-electron chi connectivity index (χ2n) is 3.18. The SMILES string of the molecule is C/C=C(/C)N1N=C(N)NC(=O)/C1=C\CC. The Morgan fingerprint density at radius 2 is 2.33 bits per heavy atom. The molecule has 15 heavy (non-hydrogen) atoms. The molecule has 1 rings (SSSR count). The van der Waals surface area contributed by atoms with E-state index in [9.17, 15) is 4.79 Å². The van der Waals surface area contributed by atoms with Crippen molar-refractivity contribution in [3.8, 4) is 0 Å². The number of carbonyl (C=O) groups is 1. The van der Waals surface area contributed by atoms with Crippen LogP contribution in [0.3, 0.4) is 0 Å². The molecule has 0 bridgehead atoms. The smallest absolute Gasteiger partial charge is 0.276 e. The van der Waals surface area contributed by atoms with Gasteiger partial charge in [0.2, 0.25) is 5.96 Å². The Kier molecular flexibility index (Phi) is 3.49. The molecule has 0 saturated heterocycles. The predicted octanol–water partition coefficient (Wildman–Crippen LogP) is 0.865. The van der Waals surface area contributed by atoms with Crippen molar-refractivity contribution >= 4 is 11.9 Å². The van der Waals surface area contributed by atoms with Crippen LogP contribution in [-0.4, -0.2) is 16.9 Å². The Morgan fingerprint density at radius 3 is 2.87 bits per heavy atom. The summed E-state index contributed by atoms with van der Waals surface area (Å²) in [5, 5.41) is 8.09. The molecule has 0 fully saturated rings. The molecule has 5 heteroatoms. The third-order valence-corrected chi connectivity index (χ3v) is 2.06. The van der Waals surface area contributed by atoms with Crippen molar-refractivity contribution in [2.45, 2.75) is 27.2 Å². The van der Waals surface area contributed by atoms with E-state index in [1.54, 1.807) is 5.01 Å². The van der Waals surface area contributed by atoms with E-state index in [0.717, 1.165) is 12.1 Å². The fourth-order valence-electron chi connectivity index (χ4n) is 1.23. The Labute approximate surface area is 89.3 Å². The zero-order chi connectivity index (χ0) is 11.4. The zero-order valence-electron chi connectivity index (χ0n) is 9.24. The maximum Gasteiger partial charge on any atom is 0.276 e. The fraction of sp³-hybridized carbons (Fsp3) is 0.400. The summed E-state index contributed by atoms with van der Waals surface area (Å²) in [4.78, 5) is 11.6. The highest BCUT2D eigenvalue weighted by atomic mass is 16.2. The molecule has 0 radical (unpaired) electrons. The Hall–Kier alpha value is -1.78. The lowest BCUT2D eigenvalue weighted by atomic mass is 10.2. The largest absolute Gasteiger partial charge is 0.368 e. The van der Waals surface area contributed by atoms with Crippen molar-refractivity contribution in [2.75, 3.05) is 0 Å². The minimum atomic E-state index is -0.217. The van der Waals surface area contributed by atoms with E-state index < -0.39 is 0 Å². The Balaban J connectivity index is 3.13. The van der Waals surface area contributed by atoms with Gasteiger partial charge in [0.25, 0.3) is 5.91 Å². The van der Waals surface area contributed by atoms with Gasteiger partial charge in [-0.15, -0.1) is 5.10 Å². The molecule has 5 nitrogen and oxygen atoms in total. The van der Waals surface area contributed by atoms with E-state index >= 15 is 0 Å². The quantitative estimate of drug-likeness (QED) is 0.661. The van der Waals surface area contributed by atoms with Gasteiger partial charge in [-0.05, 0) is 20.3 Å². The average molecular weight is 208 g/mol. The zero-order valence-corrected chi connectivity index (χ0v) is 9.24. The number of hydrogen-bond donors (Lipinski definition) is 2. The van der Waals surface area contributed by atoms with Crippen LogP contribution in [0.5, 0.6) is 0 Å². The number of nitrogens with zero attached hydrogens (tertiary/aromatic N) is 2. The van der Waals surface area contributed by atoms with Gasteiger partial charge in [-0.1, -0.05) is 19.1 Å². The minimum Gasteiger partial charge on any atom is -0.368 e. The van der Waals surface area contributed by atoms with E-state index in [1.807, 2.05) is 32.9 Å². The normalized spacial score (nSPS) is 20.3. The summed E-state index contributed by atoms with van der Waals surface area (Å²) in [6, 6.07) is 0. The summed E-state index contributed by atoms with van der Waals surface area (Å²) < 4.78 is 0. The highest BCUT2D eigenvalue weighted by Gasteiger charge is 2.23. The maximum atomic E-state index is 11.6. The van der Waals surface area contributed by atoms with E-state index in [1.165, 1.54) is 0 Å². The number of guanidine groups is 1. The second-order valence-corrected chi connectivity index (χ2v) is 3.18. The molecule has 0 atom stereocenters. The highest BCUT2D eigenvalue weighted by molar-refractivity contribution is 6.06. The monoisotopic (exact) mass is 208 g/mol. The Bertz CT molecular complexity index is 354. The minimum absolute atomic E-state index is 0.120. The van der Waals surface area contributed by atoms with Gasteiger partial charge in [-0.3, -0.25) is 10.1 Å². The molecular weight excluding hydrogens is 192 g/mol. The van der Waals surface area contributed by atoms with E-state index in [2.05, 4.69) is 10.4 Å². The highest BCUT2D eigenvalue weighted by Crippen LogP contribution is 2.16. The van der Waals surface area contributed by atoms with Gasteiger partial charge in [-0.2, -0.15) is 0 Å². The number of hydrazone groups is 1. The van der Waals surface area contributed by atoms with Gasteiger partial charge in [0.05, 0.1) is 0 Å². The number of nitrogens with one attached hydrogen (secondary N) is 1. The van der Waals surface area contributed by atoms with Crippen molar-refractivity contribution in [1.82, 2.24) is 10.3 Å². The summed E-state index contributed by atoms with van der Waals surface area (Å²) in [5.41, 5.74) is 6.87. The number of nitrogens with two attached hydrogens (primary N) is 1. The van der Waals surface area contributed by atoms with Gasteiger partial charge in [0.15, 0.2) is 0 Å². The molecule has 82 valence electrons. The van der Waals surface area contributed by atoms with Crippen LogP contribution in [0.2, 0.25) is 0 Å². The van der Waals surface area contributed by atoms with E-state index in [-0.39, 0.29) is 11.9 Å². The lowest BCUT2D eigenvalue weighted by molar-refractivity contribution is -0.118. The number of rotatable bonds is 2. The topological polar surface area (TPSA) is 70.7 Å². The fourth-order valence-corrected chi connectivity index (χ4v) is 1.23. The molecule has 1 heterocycles. The number of allylic oxidation sites excluding steroid dienone is 3. The van der Waals surface area contributed by atoms with Crippen LogP contribution >= 0.6 is 0 Å². The van der Waals surface area contributed by atoms with Gasteiger partial charge in [-0.25, -0.2) is 5.01 Å². The average Bonchev–Trinajstić information content (AvgIpc) is 2.20. The second kappa shape index (κ2) is 4.63. The summed E-state index contributed by atoms with van der Waals surface area (Å²) in [5.74, 6) is -0.0972. The van der Waals surface area contributed by atoms with Gasteiger partial charge < -0.3 is 5.73 Å². The first kappa shape index (κ1) is 11.3. The number of carbonyl (C=O) groups excluding carboxylic acids is 1. The van der Waals surface area contributed by atoms with Crippen LogP contribution in [0.15, 0.2) is 28.6 Å². The first-order valence-electron chi connectivity index (χ1n) is 4.88. The molecule has 1 amide bonds. The molecule has 0 spiro atoms. The molecule has 3 N–H and O–H groups in total. The first-order chi connectivity index (χ1) is 7.10. The van der Waals surface area contributed by atoms with Gasteiger partial charge >= 0.3 is 0 Å². The molecule has 0 unspecified atom stereocenters. The summed E-state index contributed by atoms with van der Waals surface area (Å²) in [6.07, 6.45) is 4.46. The summed E-state index contributed by atoms with van der Waals surface area (Å²) >= 11 is 0. The molecule has 1 aliphatic rings. The van der Waals surface area contributed by atoms with Crippen LogP contribution in [0, 0.1) is 0 Å². The van der Waals surface area contributed by atoms with Gasteiger partial charge in [0.1, 0.15) is 5.70 Å². The third-order valence-electron chi connectivity index (χ3n) is 2.06. The number of hydrogen-bond acceptors (Lipinski definition) is 4. The third kappa shape index (κ3) is 2.37. The van der Waals surface area contributed by atoms with E-state index in [4.69, 9.17) is 5.73 Å².